The molecule has 1 atom stereocenters. The zero-order valence-electron chi connectivity index (χ0n) is 13.5. The Balaban J connectivity index is 2.56. The normalized spacial score (nSPS) is 18.6. The lowest BCUT2D eigenvalue weighted by Crippen LogP contribution is -2.35. The fraction of sp³-hybridized carbons (Fsp3) is 0.412. The molecule has 0 fully saturated rings. The molecule has 2 rings (SSSR count). The molecular formula is C17H18F3NO3. The molecule has 0 saturated heterocycles. The summed E-state index contributed by atoms with van der Waals surface area (Å²) in [6.45, 7) is 4.78. The van der Waals surface area contributed by atoms with Gasteiger partial charge in [-0.25, -0.2) is 4.79 Å². The van der Waals surface area contributed by atoms with Crippen LogP contribution in [0.25, 0.3) is 0 Å². The Morgan fingerprint density at radius 2 is 1.92 bits per heavy atom. The van der Waals surface area contributed by atoms with Crippen molar-refractivity contribution in [2.24, 2.45) is 0 Å². The van der Waals surface area contributed by atoms with E-state index in [1.165, 1.54) is 25.1 Å². The Kier molecular flexibility index (Phi) is 5.01. The number of esters is 1. The van der Waals surface area contributed by atoms with Crippen molar-refractivity contribution in [2.45, 2.75) is 45.4 Å². The molecule has 24 heavy (non-hydrogen) atoms. The fourth-order valence-corrected chi connectivity index (χ4v) is 2.77. The summed E-state index contributed by atoms with van der Waals surface area (Å²) < 4.78 is 45.1. The van der Waals surface area contributed by atoms with E-state index >= 15 is 0 Å². The van der Waals surface area contributed by atoms with Gasteiger partial charge in [-0.05, 0) is 32.4 Å². The van der Waals surface area contributed by atoms with Crippen molar-refractivity contribution in [3.05, 3.63) is 46.7 Å². The highest BCUT2D eigenvalue weighted by Crippen LogP contribution is 2.41. The average molecular weight is 341 g/mol. The van der Waals surface area contributed by atoms with Crippen molar-refractivity contribution in [1.82, 2.24) is 5.32 Å². The molecule has 1 aromatic rings. The summed E-state index contributed by atoms with van der Waals surface area (Å²) >= 11 is 0. The molecule has 0 aliphatic carbocycles. The van der Waals surface area contributed by atoms with Gasteiger partial charge in [0.15, 0.2) is 0 Å². The first-order chi connectivity index (χ1) is 11.1. The molecule has 130 valence electrons. The number of carbonyl (C=O) groups is 2. The van der Waals surface area contributed by atoms with Crippen LogP contribution in [0.15, 0.2) is 35.5 Å². The van der Waals surface area contributed by atoms with E-state index in [9.17, 15) is 22.8 Å². The van der Waals surface area contributed by atoms with E-state index in [2.05, 4.69) is 5.32 Å². The van der Waals surface area contributed by atoms with Gasteiger partial charge in [0, 0.05) is 18.0 Å². The number of alkyl halides is 3. The highest BCUT2D eigenvalue weighted by molar-refractivity contribution is 5.96. The third kappa shape index (κ3) is 3.77. The Labute approximate surface area is 137 Å². The molecule has 1 aliphatic heterocycles. The number of nitrogens with one attached hydrogen (secondary N) is 1. The van der Waals surface area contributed by atoms with E-state index < -0.39 is 35.6 Å². The number of hydrogen-bond acceptors (Lipinski definition) is 3. The molecule has 0 spiro atoms. The summed E-state index contributed by atoms with van der Waals surface area (Å²) in [5, 5.41) is 2.50. The first-order valence-electron chi connectivity index (χ1n) is 7.49. The maximum atomic E-state index is 13.3. The third-order valence-electron chi connectivity index (χ3n) is 3.67. The molecule has 0 unspecified atom stereocenters. The maximum Gasteiger partial charge on any atom is 0.416 e. The monoisotopic (exact) mass is 341 g/mol. The van der Waals surface area contributed by atoms with E-state index in [-0.39, 0.29) is 23.3 Å². The molecule has 0 saturated carbocycles. The first kappa shape index (κ1) is 18.0. The van der Waals surface area contributed by atoms with E-state index in [0.717, 1.165) is 6.07 Å². The number of hydrogen-bond donors (Lipinski definition) is 1. The van der Waals surface area contributed by atoms with Crippen LogP contribution in [0.2, 0.25) is 0 Å². The number of amides is 1. The highest BCUT2D eigenvalue weighted by atomic mass is 19.4. The molecule has 0 aromatic heterocycles. The van der Waals surface area contributed by atoms with Gasteiger partial charge in [-0.15, -0.1) is 0 Å². The largest absolute Gasteiger partial charge is 0.460 e. The van der Waals surface area contributed by atoms with Crippen LogP contribution in [-0.4, -0.2) is 18.0 Å². The van der Waals surface area contributed by atoms with Crippen molar-refractivity contribution < 1.29 is 27.5 Å². The predicted octanol–water partition coefficient (Wildman–Crippen LogP) is 3.53. The summed E-state index contributed by atoms with van der Waals surface area (Å²) in [6, 6.07) is 4.97. The minimum absolute atomic E-state index is 0.0556. The molecule has 4 nitrogen and oxygen atoms in total. The number of ether oxygens (including phenoxy) is 1. The van der Waals surface area contributed by atoms with Crippen molar-refractivity contribution in [3.63, 3.8) is 0 Å². The second kappa shape index (κ2) is 6.67. The summed E-state index contributed by atoms with van der Waals surface area (Å²) in [4.78, 5) is 24.2. The first-order valence-corrected chi connectivity index (χ1v) is 7.49. The molecule has 0 radical (unpaired) electrons. The summed E-state index contributed by atoms with van der Waals surface area (Å²) in [6.07, 6.45) is -5.24. The predicted molar refractivity (Wildman–Crippen MR) is 80.9 cm³/mol. The summed E-state index contributed by atoms with van der Waals surface area (Å²) in [7, 11) is 0. The highest BCUT2D eigenvalue weighted by Gasteiger charge is 2.40. The molecule has 1 amide bonds. The minimum Gasteiger partial charge on any atom is -0.460 e. The lowest BCUT2D eigenvalue weighted by molar-refractivity contribution is -0.144. The number of halogens is 3. The van der Waals surface area contributed by atoms with E-state index in [0.29, 0.717) is 0 Å². The van der Waals surface area contributed by atoms with Crippen molar-refractivity contribution >= 4 is 11.9 Å². The van der Waals surface area contributed by atoms with Crippen LogP contribution in [-0.2, 0) is 20.5 Å². The number of carbonyl (C=O) groups excluding carboxylic acids is 2. The smallest absolute Gasteiger partial charge is 0.416 e. The van der Waals surface area contributed by atoms with Crippen LogP contribution in [0.4, 0.5) is 13.2 Å². The molecule has 7 heteroatoms. The van der Waals surface area contributed by atoms with Gasteiger partial charge in [0.2, 0.25) is 5.91 Å². The number of benzene rings is 1. The average Bonchev–Trinajstić information content (AvgIpc) is 2.44. The van der Waals surface area contributed by atoms with Gasteiger partial charge >= 0.3 is 12.1 Å². The summed E-state index contributed by atoms with van der Waals surface area (Å²) in [5.74, 6) is -2.15. The van der Waals surface area contributed by atoms with Gasteiger partial charge < -0.3 is 10.1 Å². The lowest BCUT2D eigenvalue weighted by atomic mass is 9.82. The standard InChI is InChI=1S/C17H18F3NO3/c1-9(2)24-16(23)15-10(3)21-14(22)8-12(15)11-6-4-5-7-13(11)17(18,19)20/h4-7,9,12H,8H2,1-3H3,(H,21,22)/t12-/m0/s1. The van der Waals surface area contributed by atoms with Crippen LogP contribution < -0.4 is 5.32 Å². The van der Waals surface area contributed by atoms with Crippen molar-refractivity contribution in [3.8, 4) is 0 Å². The van der Waals surface area contributed by atoms with Gasteiger partial charge in [-0.2, -0.15) is 13.2 Å². The van der Waals surface area contributed by atoms with Crippen molar-refractivity contribution in [1.29, 1.82) is 0 Å². The van der Waals surface area contributed by atoms with Gasteiger partial charge in [0.25, 0.3) is 0 Å². The lowest BCUT2D eigenvalue weighted by Gasteiger charge is -2.28. The van der Waals surface area contributed by atoms with Crippen LogP contribution in [0.3, 0.4) is 0 Å². The molecular weight excluding hydrogens is 323 g/mol. The van der Waals surface area contributed by atoms with E-state index in [1.807, 2.05) is 0 Å². The number of rotatable bonds is 3. The molecule has 1 aromatic carbocycles. The minimum atomic E-state index is -4.58. The van der Waals surface area contributed by atoms with Gasteiger partial charge in [-0.3, -0.25) is 4.79 Å². The van der Waals surface area contributed by atoms with Gasteiger partial charge in [0.1, 0.15) is 0 Å². The van der Waals surface area contributed by atoms with E-state index in [1.54, 1.807) is 13.8 Å². The van der Waals surface area contributed by atoms with Gasteiger partial charge in [0.05, 0.1) is 17.2 Å². The Hall–Kier alpha value is -2.31. The molecule has 1 N–H and O–H groups in total. The Morgan fingerprint density at radius 1 is 1.29 bits per heavy atom. The van der Waals surface area contributed by atoms with Crippen LogP contribution in [0.1, 0.15) is 44.2 Å². The molecule has 1 aliphatic rings. The molecule has 1 heterocycles. The molecule has 0 bridgehead atoms. The van der Waals surface area contributed by atoms with Crippen molar-refractivity contribution in [2.75, 3.05) is 0 Å². The number of allylic oxidation sites excluding steroid dienone is 1. The maximum absolute atomic E-state index is 13.3. The van der Waals surface area contributed by atoms with Crippen LogP contribution in [0.5, 0.6) is 0 Å². The summed E-state index contributed by atoms with van der Waals surface area (Å²) in [5.41, 5.74) is -0.680. The van der Waals surface area contributed by atoms with Gasteiger partial charge in [-0.1, -0.05) is 18.2 Å². The third-order valence-corrected chi connectivity index (χ3v) is 3.67. The SMILES string of the molecule is CC1=C(C(=O)OC(C)C)[C@H](c2ccccc2C(F)(F)F)CC(=O)N1. The second-order valence-electron chi connectivity index (χ2n) is 5.88. The zero-order chi connectivity index (χ0) is 18.1. The topological polar surface area (TPSA) is 55.4 Å². The quantitative estimate of drug-likeness (QED) is 0.856. The Bertz CT molecular complexity index is 693. The zero-order valence-corrected chi connectivity index (χ0v) is 13.5. The van der Waals surface area contributed by atoms with Crippen LogP contribution in [0, 0.1) is 0 Å². The second-order valence-corrected chi connectivity index (χ2v) is 5.88. The fourth-order valence-electron chi connectivity index (χ4n) is 2.77. The van der Waals surface area contributed by atoms with Crippen LogP contribution >= 0.6 is 0 Å². The van der Waals surface area contributed by atoms with E-state index in [4.69, 9.17) is 4.74 Å². The Morgan fingerprint density at radius 3 is 2.50 bits per heavy atom.